The van der Waals surface area contributed by atoms with E-state index in [9.17, 15) is 4.79 Å². The number of rotatable bonds is 8. The van der Waals surface area contributed by atoms with Crippen LogP contribution in [0.1, 0.15) is 30.4 Å². The highest BCUT2D eigenvalue weighted by atomic mass is 35.5. The lowest BCUT2D eigenvalue weighted by Crippen LogP contribution is -2.42. The van der Waals surface area contributed by atoms with Crippen molar-refractivity contribution in [2.24, 2.45) is 5.92 Å². The Kier molecular flexibility index (Phi) is 9.99. The molecule has 5 heteroatoms. The van der Waals surface area contributed by atoms with E-state index in [4.69, 9.17) is 0 Å². The average molecular weight is 354 g/mol. The maximum Gasteiger partial charge on any atom is 0.234 e. The van der Waals surface area contributed by atoms with Gasteiger partial charge in [0.25, 0.3) is 0 Å². The van der Waals surface area contributed by atoms with Gasteiger partial charge in [-0.15, -0.1) is 12.4 Å². The molecule has 1 heterocycles. The summed E-state index contributed by atoms with van der Waals surface area (Å²) in [6.45, 7) is 6.60. The molecule has 0 aliphatic carbocycles. The van der Waals surface area contributed by atoms with E-state index in [0.717, 1.165) is 38.5 Å². The van der Waals surface area contributed by atoms with E-state index in [2.05, 4.69) is 46.7 Å². The Morgan fingerprint density at radius 1 is 1.21 bits per heavy atom. The number of piperidine rings is 1. The first kappa shape index (κ1) is 20.9. The van der Waals surface area contributed by atoms with Crippen LogP contribution in [-0.4, -0.2) is 50.6 Å². The summed E-state index contributed by atoms with van der Waals surface area (Å²) in [5.41, 5.74) is 2.61. The van der Waals surface area contributed by atoms with Gasteiger partial charge in [-0.3, -0.25) is 9.69 Å². The van der Waals surface area contributed by atoms with Crippen LogP contribution in [0, 0.1) is 12.8 Å². The number of amides is 1. The molecule has 0 saturated carbocycles. The van der Waals surface area contributed by atoms with Crippen molar-refractivity contribution in [2.45, 2.75) is 32.6 Å². The third-order valence-electron chi connectivity index (χ3n) is 4.85. The highest BCUT2D eigenvalue weighted by Crippen LogP contribution is 2.19. The van der Waals surface area contributed by atoms with Gasteiger partial charge in [-0.05, 0) is 76.3 Å². The molecule has 0 radical (unpaired) electrons. The largest absolute Gasteiger partial charge is 0.355 e. The van der Waals surface area contributed by atoms with Crippen molar-refractivity contribution in [3.63, 3.8) is 0 Å². The fourth-order valence-corrected chi connectivity index (χ4v) is 3.27. The third-order valence-corrected chi connectivity index (χ3v) is 4.85. The van der Waals surface area contributed by atoms with E-state index in [1.54, 1.807) is 0 Å². The van der Waals surface area contributed by atoms with Gasteiger partial charge in [0.15, 0.2) is 0 Å². The number of nitrogens with one attached hydrogen (secondary N) is 2. The summed E-state index contributed by atoms with van der Waals surface area (Å²) >= 11 is 0. The minimum atomic E-state index is 0. The summed E-state index contributed by atoms with van der Waals surface area (Å²) in [5, 5.41) is 6.28. The Bertz CT molecular complexity index is 487. The summed E-state index contributed by atoms with van der Waals surface area (Å²) in [5.74, 6) is 0.982. The van der Waals surface area contributed by atoms with Crippen LogP contribution in [0.25, 0.3) is 0 Å². The number of carbonyl (C=O) groups is 1. The summed E-state index contributed by atoms with van der Waals surface area (Å²) in [6.07, 6.45) is 4.60. The van der Waals surface area contributed by atoms with Gasteiger partial charge < -0.3 is 10.6 Å². The molecular formula is C19H32ClN3O. The molecule has 0 spiro atoms. The molecule has 136 valence electrons. The van der Waals surface area contributed by atoms with E-state index in [1.165, 1.54) is 30.4 Å². The lowest BCUT2D eigenvalue weighted by atomic mass is 9.93. The molecule has 0 atom stereocenters. The maximum absolute atomic E-state index is 12.1. The van der Waals surface area contributed by atoms with Crippen molar-refractivity contribution >= 4 is 18.3 Å². The first-order chi connectivity index (χ1) is 11.2. The zero-order valence-corrected chi connectivity index (χ0v) is 15.8. The molecule has 2 N–H and O–H groups in total. The van der Waals surface area contributed by atoms with Gasteiger partial charge in [0.1, 0.15) is 0 Å². The standard InChI is InChI=1S/C19H31N3O.ClH/c1-16-5-3-4-6-18(16)8-12-21-19(23)15-22-13-9-17(10-14-22)7-11-20-2;/h3-6,17,20H,7-15H2,1-2H3,(H,21,23);1H. The summed E-state index contributed by atoms with van der Waals surface area (Å²) in [6, 6.07) is 8.37. The van der Waals surface area contributed by atoms with Crippen molar-refractivity contribution in [3.8, 4) is 0 Å². The number of hydrogen-bond donors (Lipinski definition) is 2. The molecule has 1 fully saturated rings. The molecular weight excluding hydrogens is 322 g/mol. The van der Waals surface area contributed by atoms with Crippen LogP contribution in [-0.2, 0) is 11.2 Å². The second-order valence-corrected chi connectivity index (χ2v) is 6.64. The first-order valence-corrected chi connectivity index (χ1v) is 8.87. The number of aryl methyl sites for hydroxylation is 1. The maximum atomic E-state index is 12.1. The Morgan fingerprint density at radius 2 is 1.92 bits per heavy atom. The molecule has 1 amide bonds. The van der Waals surface area contributed by atoms with Crippen LogP contribution in [0.5, 0.6) is 0 Å². The topological polar surface area (TPSA) is 44.4 Å². The van der Waals surface area contributed by atoms with Crippen LogP contribution in [0.3, 0.4) is 0 Å². The van der Waals surface area contributed by atoms with Crippen LogP contribution in [0.2, 0.25) is 0 Å². The quantitative estimate of drug-likeness (QED) is 0.754. The first-order valence-electron chi connectivity index (χ1n) is 8.87. The molecule has 0 unspecified atom stereocenters. The van der Waals surface area contributed by atoms with Crippen molar-refractivity contribution in [2.75, 3.05) is 39.8 Å². The minimum absolute atomic E-state index is 0. The Balaban J connectivity index is 0.00000288. The molecule has 24 heavy (non-hydrogen) atoms. The highest BCUT2D eigenvalue weighted by Gasteiger charge is 2.20. The zero-order valence-electron chi connectivity index (χ0n) is 15.0. The van der Waals surface area contributed by atoms with Crippen molar-refractivity contribution in [1.29, 1.82) is 0 Å². The van der Waals surface area contributed by atoms with Gasteiger partial charge in [0, 0.05) is 6.54 Å². The van der Waals surface area contributed by atoms with E-state index in [1.807, 2.05) is 7.05 Å². The smallest absolute Gasteiger partial charge is 0.234 e. The number of nitrogens with zero attached hydrogens (tertiary/aromatic N) is 1. The van der Waals surface area contributed by atoms with Crippen LogP contribution >= 0.6 is 12.4 Å². The van der Waals surface area contributed by atoms with Gasteiger partial charge in [-0.2, -0.15) is 0 Å². The van der Waals surface area contributed by atoms with Crippen molar-refractivity contribution < 1.29 is 4.79 Å². The Morgan fingerprint density at radius 3 is 2.58 bits per heavy atom. The SMILES string of the molecule is CNCCC1CCN(CC(=O)NCCc2ccccc2C)CC1.Cl. The molecule has 1 aromatic rings. The van der Waals surface area contributed by atoms with Crippen LogP contribution < -0.4 is 10.6 Å². The summed E-state index contributed by atoms with van der Waals surface area (Å²) in [4.78, 5) is 14.4. The number of carbonyl (C=O) groups excluding carboxylic acids is 1. The van der Waals surface area contributed by atoms with Gasteiger partial charge >= 0.3 is 0 Å². The lowest BCUT2D eigenvalue weighted by molar-refractivity contribution is -0.122. The zero-order chi connectivity index (χ0) is 16.5. The van der Waals surface area contributed by atoms with Gasteiger partial charge in [-0.25, -0.2) is 0 Å². The molecule has 1 aliphatic heterocycles. The van der Waals surface area contributed by atoms with E-state index in [0.29, 0.717) is 6.54 Å². The van der Waals surface area contributed by atoms with Gasteiger partial charge in [-0.1, -0.05) is 24.3 Å². The Labute approximate surface area is 152 Å². The van der Waals surface area contributed by atoms with Crippen molar-refractivity contribution in [3.05, 3.63) is 35.4 Å². The second-order valence-electron chi connectivity index (χ2n) is 6.64. The summed E-state index contributed by atoms with van der Waals surface area (Å²) in [7, 11) is 2.01. The minimum Gasteiger partial charge on any atom is -0.355 e. The number of halogens is 1. The number of benzene rings is 1. The Hall–Kier alpha value is -1.10. The lowest BCUT2D eigenvalue weighted by Gasteiger charge is -2.31. The van der Waals surface area contributed by atoms with E-state index in [-0.39, 0.29) is 18.3 Å². The van der Waals surface area contributed by atoms with Crippen molar-refractivity contribution in [1.82, 2.24) is 15.5 Å². The fourth-order valence-electron chi connectivity index (χ4n) is 3.27. The fraction of sp³-hybridized carbons (Fsp3) is 0.632. The molecule has 1 saturated heterocycles. The van der Waals surface area contributed by atoms with Crippen LogP contribution in [0.4, 0.5) is 0 Å². The second kappa shape index (κ2) is 11.5. The van der Waals surface area contributed by atoms with E-state index < -0.39 is 0 Å². The monoisotopic (exact) mass is 353 g/mol. The summed E-state index contributed by atoms with van der Waals surface area (Å²) < 4.78 is 0. The normalized spacial score (nSPS) is 15.8. The average Bonchev–Trinajstić information content (AvgIpc) is 2.56. The van der Waals surface area contributed by atoms with Gasteiger partial charge in [0.2, 0.25) is 5.91 Å². The molecule has 1 aliphatic rings. The third kappa shape index (κ3) is 7.20. The predicted molar refractivity (Wildman–Crippen MR) is 103 cm³/mol. The van der Waals surface area contributed by atoms with E-state index >= 15 is 0 Å². The van der Waals surface area contributed by atoms with Gasteiger partial charge in [0.05, 0.1) is 6.54 Å². The number of likely N-dealkylation sites (tertiary alicyclic amines) is 1. The predicted octanol–water partition coefficient (Wildman–Crippen LogP) is 2.40. The molecule has 0 bridgehead atoms. The molecule has 0 aromatic heterocycles. The highest BCUT2D eigenvalue weighted by molar-refractivity contribution is 5.85. The molecule has 1 aromatic carbocycles. The van der Waals surface area contributed by atoms with Crippen LogP contribution in [0.15, 0.2) is 24.3 Å². The number of hydrogen-bond acceptors (Lipinski definition) is 3. The molecule has 2 rings (SSSR count). The molecule has 4 nitrogen and oxygen atoms in total.